The van der Waals surface area contributed by atoms with Gasteiger partial charge in [0.1, 0.15) is 40.9 Å². The van der Waals surface area contributed by atoms with Crippen LogP contribution in [0, 0.1) is 5.82 Å². The molecular weight excluding hydrogens is 533 g/mol. The molecule has 1 saturated heterocycles. The molecule has 2 aromatic heterocycles. The Morgan fingerprint density at radius 3 is 2.54 bits per heavy atom. The third kappa shape index (κ3) is 6.47. The Labute approximate surface area is 237 Å². The van der Waals surface area contributed by atoms with Gasteiger partial charge in [0, 0.05) is 37.7 Å². The molecule has 2 aliphatic heterocycles. The first-order valence-corrected chi connectivity index (χ1v) is 13.3. The summed E-state index contributed by atoms with van der Waals surface area (Å²) >= 11 is 0. The number of amides is 1. The van der Waals surface area contributed by atoms with E-state index in [2.05, 4.69) is 19.9 Å². The highest BCUT2D eigenvalue weighted by molar-refractivity contribution is 5.92. The molecule has 0 aliphatic carbocycles. The van der Waals surface area contributed by atoms with Crippen molar-refractivity contribution in [3.8, 4) is 17.2 Å². The number of rotatable bonds is 6. The number of pyridine rings is 1. The lowest BCUT2D eigenvalue weighted by Gasteiger charge is -2.33. The second-order valence-corrected chi connectivity index (χ2v) is 10.8. The minimum Gasteiger partial charge on any atom is -0.490 e. The van der Waals surface area contributed by atoms with Crippen LogP contribution in [0.1, 0.15) is 55.2 Å². The average Bonchev–Trinajstić information content (AvgIpc) is 3.39. The first kappa shape index (κ1) is 28.1. The van der Waals surface area contributed by atoms with Gasteiger partial charge in [-0.2, -0.15) is 0 Å². The van der Waals surface area contributed by atoms with Crippen molar-refractivity contribution in [3.05, 3.63) is 65.6 Å². The number of aromatic nitrogens is 3. The fourth-order valence-corrected chi connectivity index (χ4v) is 4.78. The number of nitrogens with zero attached hydrogens (tertiary/aromatic N) is 5. The van der Waals surface area contributed by atoms with Gasteiger partial charge in [0.25, 0.3) is 0 Å². The maximum atomic E-state index is 13.8. The number of fused-ring (bicyclic) bond motifs is 1. The van der Waals surface area contributed by atoms with Crippen LogP contribution < -0.4 is 14.4 Å². The van der Waals surface area contributed by atoms with Gasteiger partial charge in [-0.25, -0.2) is 23.9 Å². The number of hydrogen-bond donors (Lipinski definition) is 0. The van der Waals surface area contributed by atoms with Crippen LogP contribution in [-0.2, 0) is 22.6 Å². The zero-order chi connectivity index (χ0) is 29.1. The molecule has 0 unspecified atom stereocenters. The van der Waals surface area contributed by atoms with Gasteiger partial charge in [0.15, 0.2) is 11.6 Å². The lowest BCUT2D eigenvalue weighted by atomic mass is 10.1. The molecule has 3 aromatic rings. The van der Waals surface area contributed by atoms with E-state index in [4.69, 9.17) is 18.9 Å². The third-order valence-electron chi connectivity index (χ3n) is 6.70. The smallest absolute Gasteiger partial charge is 0.410 e. The normalized spacial score (nSPS) is 15.3. The predicted molar refractivity (Wildman–Crippen MR) is 145 cm³/mol. The van der Waals surface area contributed by atoms with Crippen molar-refractivity contribution in [1.29, 1.82) is 0 Å². The minimum atomic E-state index is -0.715. The quantitative estimate of drug-likeness (QED) is 0.383. The molecule has 0 bridgehead atoms. The average molecular weight is 566 g/mol. The van der Waals surface area contributed by atoms with Crippen molar-refractivity contribution in [2.45, 2.75) is 58.4 Å². The Kier molecular flexibility index (Phi) is 7.91. The summed E-state index contributed by atoms with van der Waals surface area (Å²) in [6.07, 6.45) is 5.62. The Morgan fingerprint density at radius 1 is 1.02 bits per heavy atom. The molecule has 1 aromatic carbocycles. The molecule has 0 N–H and O–H groups in total. The molecule has 1 amide bonds. The number of carbonyl (C=O) groups is 2. The highest BCUT2D eigenvalue weighted by atomic mass is 19.1. The summed E-state index contributed by atoms with van der Waals surface area (Å²) in [6.45, 7) is 7.53. The molecule has 0 saturated carbocycles. The number of anilines is 1. The second-order valence-electron chi connectivity index (χ2n) is 10.8. The van der Waals surface area contributed by atoms with E-state index in [1.54, 1.807) is 11.1 Å². The summed E-state index contributed by atoms with van der Waals surface area (Å²) in [7, 11) is 1.22. The van der Waals surface area contributed by atoms with Gasteiger partial charge in [0.2, 0.25) is 0 Å². The van der Waals surface area contributed by atoms with Crippen molar-refractivity contribution in [2.75, 3.05) is 25.1 Å². The Morgan fingerprint density at radius 2 is 1.80 bits per heavy atom. The van der Waals surface area contributed by atoms with Crippen LogP contribution in [0.25, 0.3) is 0 Å². The van der Waals surface area contributed by atoms with Crippen molar-refractivity contribution in [1.82, 2.24) is 19.9 Å². The van der Waals surface area contributed by atoms with Crippen LogP contribution in [-0.4, -0.2) is 63.8 Å². The van der Waals surface area contributed by atoms with Crippen LogP contribution in [0.15, 0.2) is 43.0 Å². The van der Waals surface area contributed by atoms with Gasteiger partial charge < -0.3 is 23.8 Å². The van der Waals surface area contributed by atoms with E-state index in [1.807, 2.05) is 26.8 Å². The van der Waals surface area contributed by atoms with Crippen molar-refractivity contribution >= 4 is 17.9 Å². The van der Waals surface area contributed by atoms with Gasteiger partial charge in [0.05, 0.1) is 32.1 Å². The number of esters is 1. The topological polar surface area (TPSA) is 116 Å². The van der Waals surface area contributed by atoms with Crippen molar-refractivity contribution in [3.63, 3.8) is 0 Å². The summed E-state index contributed by atoms with van der Waals surface area (Å²) in [5.74, 6) is 0.445. The van der Waals surface area contributed by atoms with E-state index >= 15 is 0 Å². The van der Waals surface area contributed by atoms with Gasteiger partial charge in [-0.05, 0) is 45.0 Å². The fraction of sp³-hybridized carbons (Fsp3) is 0.414. The molecule has 41 heavy (non-hydrogen) atoms. The van der Waals surface area contributed by atoms with Crippen molar-refractivity contribution in [2.24, 2.45) is 0 Å². The molecule has 4 heterocycles. The number of carbonyl (C=O) groups excluding carboxylic acids is 2. The zero-order valence-electron chi connectivity index (χ0n) is 23.4. The molecule has 12 heteroatoms. The lowest BCUT2D eigenvalue weighted by molar-refractivity contribution is 0.0239. The zero-order valence-corrected chi connectivity index (χ0v) is 23.4. The standard InChI is InChI=1S/C29H32FN5O6/c1-29(2,3)41-28(37)35-15-21-22(16-35)32-10-7-24(21)39-19-8-11-34(12-9-19)26-25(14-31-17-33-26)40-23-6-5-18(30)13-20(23)27(36)38-4/h5-7,10,13-14,17,19H,8-9,11-12,15-16H2,1-4H3. The van der Waals surface area contributed by atoms with Crippen LogP contribution >= 0.6 is 0 Å². The summed E-state index contributed by atoms with van der Waals surface area (Å²) in [4.78, 5) is 41.4. The maximum absolute atomic E-state index is 13.8. The number of ether oxygens (including phenoxy) is 4. The Hall–Kier alpha value is -4.48. The number of piperidine rings is 1. The van der Waals surface area contributed by atoms with Crippen LogP contribution in [0.3, 0.4) is 0 Å². The lowest BCUT2D eigenvalue weighted by Crippen LogP contribution is -2.39. The first-order valence-electron chi connectivity index (χ1n) is 13.3. The molecule has 0 radical (unpaired) electrons. The SMILES string of the molecule is COC(=O)c1cc(F)ccc1Oc1cncnc1N1CCC(Oc2ccnc3c2CN(C(=O)OC(C)(C)C)C3)CC1. The summed E-state index contributed by atoms with van der Waals surface area (Å²) in [6, 6.07) is 5.48. The molecule has 2 aliphatic rings. The van der Waals surface area contributed by atoms with Crippen molar-refractivity contribution < 1.29 is 32.9 Å². The van der Waals surface area contributed by atoms with Gasteiger partial charge in [-0.15, -0.1) is 0 Å². The van der Waals surface area contributed by atoms with E-state index in [0.717, 1.165) is 23.1 Å². The van der Waals surface area contributed by atoms with Gasteiger partial charge in [-0.3, -0.25) is 9.88 Å². The van der Waals surface area contributed by atoms with E-state index in [0.29, 0.717) is 50.6 Å². The monoisotopic (exact) mass is 565 g/mol. The summed E-state index contributed by atoms with van der Waals surface area (Å²) in [5, 5.41) is 0. The van der Waals surface area contributed by atoms with Gasteiger partial charge >= 0.3 is 12.1 Å². The van der Waals surface area contributed by atoms with E-state index in [9.17, 15) is 14.0 Å². The molecule has 0 spiro atoms. The van der Waals surface area contributed by atoms with Crippen LogP contribution in [0.2, 0.25) is 0 Å². The number of benzene rings is 1. The molecule has 11 nitrogen and oxygen atoms in total. The number of halogens is 1. The first-order chi connectivity index (χ1) is 19.6. The largest absolute Gasteiger partial charge is 0.490 e. The molecule has 1 fully saturated rings. The molecule has 216 valence electrons. The maximum Gasteiger partial charge on any atom is 0.410 e. The Balaban J connectivity index is 1.24. The number of methoxy groups -OCH3 is 1. The second kappa shape index (κ2) is 11.6. The highest BCUT2D eigenvalue weighted by Gasteiger charge is 2.32. The van der Waals surface area contributed by atoms with Gasteiger partial charge in [-0.1, -0.05) is 0 Å². The predicted octanol–water partition coefficient (Wildman–Crippen LogP) is 4.89. The molecule has 0 atom stereocenters. The fourth-order valence-electron chi connectivity index (χ4n) is 4.78. The summed E-state index contributed by atoms with van der Waals surface area (Å²) < 4.78 is 36.5. The minimum absolute atomic E-state index is 0.0375. The Bertz CT molecular complexity index is 1440. The van der Waals surface area contributed by atoms with Crippen LogP contribution in [0.5, 0.6) is 17.2 Å². The van der Waals surface area contributed by atoms with E-state index < -0.39 is 17.4 Å². The molecular formula is C29H32FN5O6. The van der Waals surface area contributed by atoms with Crippen LogP contribution in [0.4, 0.5) is 15.0 Å². The van der Waals surface area contributed by atoms with E-state index in [-0.39, 0.29) is 23.5 Å². The molecule has 5 rings (SSSR count). The number of hydrogen-bond acceptors (Lipinski definition) is 10. The summed E-state index contributed by atoms with van der Waals surface area (Å²) in [5.41, 5.74) is 1.09. The highest BCUT2D eigenvalue weighted by Crippen LogP contribution is 2.35. The third-order valence-corrected chi connectivity index (χ3v) is 6.70. The van der Waals surface area contributed by atoms with E-state index in [1.165, 1.54) is 31.8 Å².